The summed E-state index contributed by atoms with van der Waals surface area (Å²) in [5, 5.41) is 3.72. The molecule has 0 radical (unpaired) electrons. The van der Waals surface area contributed by atoms with Gasteiger partial charge in [-0.3, -0.25) is 0 Å². The molecule has 1 saturated carbocycles. The van der Waals surface area contributed by atoms with E-state index in [4.69, 9.17) is 0 Å². The summed E-state index contributed by atoms with van der Waals surface area (Å²) in [7, 11) is 2.19. The number of likely N-dealkylation sites (N-methyl/N-ethyl adjacent to an activating group) is 1. The van der Waals surface area contributed by atoms with Crippen LogP contribution in [-0.4, -0.2) is 39.3 Å². The van der Waals surface area contributed by atoms with Crippen LogP contribution < -0.4 is 15.1 Å². The van der Waals surface area contributed by atoms with Gasteiger partial charge in [0.05, 0.1) is 11.4 Å². The van der Waals surface area contributed by atoms with Crippen LogP contribution in [0.1, 0.15) is 32.1 Å². The predicted octanol–water partition coefficient (Wildman–Crippen LogP) is 2.87. The van der Waals surface area contributed by atoms with Crippen LogP contribution in [0.5, 0.6) is 0 Å². The monoisotopic (exact) mass is 273 g/mol. The highest BCUT2D eigenvalue weighted by molar-refractivity contribution is 5.72. The maximum atomic E-state index is 3.72. The highest BCUT2D eigenvalue weighted by atomic mass is 15.2. The Hall–Kier alpha value is -1.22. The van der Waals surface area contributed by atoms with Crippen molar-refractivity contribution in [3.8, 4) is 0 Å². The van der Waals surface area contributed by atoms with Gasteiger partial charge in [-0.15, -0.1) is 0 Å². The number of nitrogens with one attached hydrogen (secondary N) is 1. The molecule has 3 heteroatoms. The third-order valence-electron chi connectivity index (χ3n) is 4.73. The minimum absolute atomic E-state index is 0.801. The van der Waals surface area contributed by atoms with Crippen LogP contribution in [-0.2, 0) is 0 Å². The highest BCUT2D eigenvalue weighted by Crippen LogP contribution is 2.31. The smallest absolute Gasteiger partial charge is 0.0604 e. The van der Waals surface area contributed by atoms with Crippen LogP contribution in [0.4, 0.5) is 11.4 Å². The first kappa shape index (κ1) is 13.7. The molecule has 1 aliphatic carbocycles. The molecule has 0 spiro atoms. The summed E-state index contributed by atoms with van der Waals surface area (Å²) in [5.74, 6) is 0. The van der Waals surface area contributed by atoms with E-state index in [-0.39, 0.29) is 0 Å². The van der Waals surface area contributed by atoms with Gasteiger partial charge in [-0.1, -0.05) is 25.0 Å². The van der Waals surface area contributed by atoms with Crippen LogP contribution in [0, 0.1) is 0 Å². The molecule has 0 aromatic heterocycles. The lowest BCUT2D eigenvalue weighted by molar-refractivity contribution is 0.512. The average Bonchev–Trinajstić information content (AvgIpc) is 2.99. The van der Waals surface area contributed by atoms with Crippen LogP contribution in [0.15, 0.2) is 24.3 Å². The van der Waals surface area contributed by atoms with Crippen molar-refractivity contribution in [3.05, 3.63) is 24.3 Å². The van der Waals surface area contributed by atoms with Crippen molar-refractivity contribution in [3.63, 3.8) is 0 Å². The number of anilines is 2. The van der Waals surface area contributed by atoms with E-state index in [1.165, 1.54) is 56.6 Å². The number of rotatable bonds is 5. The zero-order valence-corrected chi connectivity index (χ0v) is 12.6. The van der Waals surface area contributed by atoms with Crippen molar-refractivity contribution in [1.29, 1.82) is 0 Å². The molecule has 1 fully saturated rings. The molecule has 3 nitrogen and oxygen atoms in total. The van der Waals surface area contributed by atoms with E-state index in [0.29, 0.717) is 0 Å². The molecule has 0 unspecified atom stereocenters. The van der Waals surface area contributed by atoms with E-state index in [2.05, 4.69) is 46.4 Å². The molecule has 20 heavy (non-hydrogen) atoms. The van der Waals surface area contributed by atoms with Gasteiger partial charge in [0.1, 0.15) is 0 Å². The van der Waals surface area contributed by atoms with Crippen molar-refractivity contribution < 1.29 is 0 Å². The van der Waals surface area contributed by atoms with Gasteiger partial charge in [0.25, 0.3) is 0 Å². The quantitative estimate of drug-likeness (QED) is 0.832. The number of hydrogen-bond acceptors (Lipinski definition) is 3. The normalized spacial score (nSPS) is 19.4. The lowest BCUT2D eigenvalue weighted by Crippen LogP contribution is -2.40. The first-order valence-corrected chi connectivity index (χ1v) is 8.13. The van der Waals surface area contributed by atoms with Crippen molar-refractivity contribution in [2.45, 2.75) is 38.1 Å². The Balaban J connectivity index is 1.49. The summed E-state index contributed by atoms with van der Waals surface area (Å²) in [6.07, 6.45) is 6.86. The van der Waals surface area contributed by atoms with Gasteiger partial charge < -0.3 is 15.1 Å². The maximum Gasteiger partial charge on any atom is 0.0604 e. The number of nitrogens with zero attached hydrogens (tertiary/aromatic N) is 2. The average molecular weight is 273 g/mol. The first-order chi connectivity index (χ1) is 9.84. The van der Waals surface area contributed by atoms with Gasteiger partial charge in [0.2, 0.25) is 0 Å². The second-order valence-electron chi connectivity index (χ2n) is 6.19. The third kappa shape index (κ3) is 3.09. The fourth-order valence-electron chi connectivity index (χ4n) is 3.50. The van der Waals surface area contributed by atoms with Gasteiger partial charge >= 0.3 is 0 Å². The molecule has 0 saturated heterocycles. The van der Waals surface area contributed by atoms with Crippen LogP contribution in [0.2, 0.25) is 0 Å². The molecule has 3 rings (SSSR count). The topological polar surface area (TPSA) is 18.5 Å². The molecule has 110 valence electrons. The Morgan fingerprint density at radius 3 is 2.65 bits per heavy atom. The Morgan fingerprint density at radius 1 is 1.10 bits per heavy atom. The van der Waals surface area contributed by atoms with Gasteiger partial charge in [0.15, 0.2) is 0 Å². The van der Waals surface area contributed by atoms with E-state index in [9.17, 15) is 0 Å². The number of hydrogen-bond donors (Lipinski definition) is 1. The van der Waals surface area contributed by atoms with E-state index < -0.39 is 0 Å². The number of fused-ring (bicyclic) bond motifs is 1. The van der Waals surface area contributed by atoms with E-state index in [1.807, 2.05) is 0 Å². The second-order valence-corrected chi connectivity index (χ2v) is 6.19. The number of para-hydroxylation sites is 2. The summed E-state index contributed by atoms with van der Waals surface area (Å²) >= 11 is 0. The summed E-state index contributed by atoms with van der Waals surface area (Å²) < 4.78 is 0. The molecule has 1 heterocycles. The predicted molar refractivity (Wildman–Crippen MR) is 86.8 cm³/mol. The molecule has 2 aliphatic rings. The number of benzene rings is 1. The Kier molecular flexibility index (Phi) is 4.46. The summed E-state index contributed by atoms with van der Waals surface area (Å²) in [6.45, 7) is 4.62. The lowest BCUT2D eigenvalue weighted by Gasteiger charge is -2.37. The van der Waals surface area contributed by atoms with E-state index in [1.54, 1.807) is 0 Å². The summed E-state index contributed by atoms with van der Waals surface area (Å²) in [6, 6.07) is 9.59. The van der Waals surface area contributed by atoms with Gasteiger partial charge in [0, 0.05) is 32.7 Å². The molecule has 0 atom stereocenters. The summed E-state index contributed by atoms with van der Waals surface area (Å²) in [4.78, 5) is 4.91. The Morgan fingerprint density at radius 2 is 1.85 bits per heavy atom. The minimum Gasteiger partial charge on any atom is -0.371 e. The van der Waals surface area contributed by atoms with E-state index in [0.717, 1.165) is 19.1 Å². The zero-order valence-electron chi connectivity index (χ0n) is 12.6. The maximum absolute atomic E-state index is 3.72. The SMILES string of the molecule is CN1CCN(CCCNC2CCCC2)c2ccccc21. The minimum atomic E-state index is 0.801. The molecule has 1 aromatic rings. The highest BCUT2D eigenvalue weighted by Gasteiger charge is 2.19. The van der Waals surface area contributed by atoms with Crippen molar-refractivity contribution in [2.75, 3.05) is 43.0 Å². The zero-order chi connectivity index (χ0) is 13.8. The first-order valence-electron chi connectivity index (χ1n) is 8.13. The second kappa shape index (κ2) is 6.49. The molecule has 0 amide bonds. The fraction of sp³-hybridized carbons (Fsp3) is 0.647. The summed E-state index contributed by atoms with van der Waals surface area (Å²) in [5.41, 5.74) is 2.78. The molecule has 0 bridgehead atoms. The fourth-order valence-corrected chi connectivity index (χ4v) is 3.50. The third-order valence-corrected chi connectivity index (χ3v) is 4.73. The van der Waals surface area contributed by atoms with Gasteiger partial charge in [-0.05, 0) is 37.9 Å². The van der Waals surface area contributed by atoms with Gasteiger partial charge in [-0.25, -0.2) is 0 Å². The van der Waals surface area contributed by atoms with Crippen molar-refractivity contribution in [2.24, 2.45) is 0 Å². The van der Waals surface area contributed by atoms with Crippen molar-refractivity contribution >= 4 is 11.4 Å². The largest absolute Gasteiger partial charge is 0.371 e. The molecular weight excluding hydrogens is 246 g/mol. The van der Waals surface area contributed by atoms with Crippen LogP contribution in [0.3, 0.4) is 0 Å². The van der Waals surface area contributed by atoms with Crippen LogP contribution >= 0.6 is 0 Å². The lowest BCUT2D eigenvalue weighted by atomic mass is 10.1. The standard InChI is InChI=1S/C17H27N3/c1-19-13-14-20(17-10-5-4-9-16(17)19)12-6-11-18-15-7-2-3-8-15/h4-5,9-10,15,18H,2-3,6-8,11-14H2,1H3. The van der Waals surface area contributed by atoms with Gasteiger partial charge in [-0.2, -0.15) is 0 Å². The Labute approximate surface area is 123 Å². The van der Waals surface area contributed by atoms with Crippen molar-refractivity contribution in [1.82, 2.24) is 5.32 Å². The molecule has 1 aliphatic heterocycles. The van der Waals surface area contributed by atoms with Crippen LogP contribution in [0.25, 0.3) is 0 Å². The molecular formula is C17H27N3. The Bertz CT molecular complexity index is 426. The molecule has 1 aromatic carbocycles. The molecule has 1 N–H and O–H groups in total. The van der Waals surface area contributed by atoms with E-state index >= 15 is 0 Å².